The number of thiophene rings is 1. The van der Waals surface area contributed by atoms with Crippen molar-refractivity contribution in [1.29, 1.82) is 5.41 Å². The second-order valence-corrected chi connectivity index (χ2v) is 10.2. The lowest BCUT2D eigenvalue weighted by molar-refractivity contribution is -0.129. The average Bonchev–Trinajstić information content (AvgIpc) is 3.38. The number of carbonyl (C=O) groups is 1. The van der Waals surface area contributed by atoms with Crippen LogP contribution < -0.4 is 10.5 Å². The van der Waals surface area contributed by atoms with Crippen molar-refractivity contribution in [3.8, 4) is 10.4 Å². The zero-order chi connectivity index (χ0) is 22.0. The van der Waals surface area contributed by atoms with E-state index < -0.39 is 16.1 Å². The number of hydrogen-bond acceptors (Lipinski definition) is 6. The predicted molar refractivity (Wildman–Crippen MR) is 119 cm³/mol. The number of likely N-dealkylation sites (tertiary alicyclic amines) is 1. The molecular weight excluding hydrogens is 434 g/mol. The summed E-state index contributed by atoms with van der Waals surface area (Å²) in [4.78, 5) is 19.3. The smallest absolute Gasteiger partial charge is 0.250 e. The molecule has 3 heterocycles. The molecule has 2 aromatic heterocycles. The van der Waals surface area contributed by atoms with Crippen LogP contribution >= 0.6 is 11.3 Å². The van der Waals surface area contributed by atoms with E-state index in [-0.39, 0.29) is 16.0 Å². The van der Waals surface area contributed by atoms with Crippen molar-refractivity contribution < 1.29 is 13.2 Å². The standard InChI is InChI=1S/C21H21N5O3S2/c22-20(23)15-4-1-3-14(11-15)13-26-10-8-17(21(26)27)25-31(28,29)19-7-6-18(30-19)16-5-2-9-24-12-16/h1-7,9,11-12,17,25H,8,10,13H2,(H3,22,23). The lowest BCUT2D eigenvalue weighted by Crippen LogP contribution is -2.41. The highest BCUT2D eigenvalue weighted by Gasteiger charge is 2.35. The van der Waals surface area contributed by atoms with Gasteiger partial charge in [-0.1, -0.05) is 24.3 Å². The van der Waals surface area contributed by atoms with E-state index in [4.69, 9.17) is 11.1 Å². The summed E-state index contributed by atoms with van der Waals surface area (Å²) in [6.07, 6.45) is 3.73. The van der Waals surface area contributed by atoms with Crippen LogP contribution in [-0.4, -0.2) is 42.6 Å². The summed E-state index contributed by atoms with van der Waals surface area (Å²) in [7, 11) is -3.82. The maximum atomic E-state index is 12.8. The number of nitrogens with one attached hydrogen (secondary N) is 2. The van der Waals surface area contributed by atoms with E-state index in [0.717, 1.165) is 27.3 Å². The van der Waals surface area contributed by atoms with Gasteiger partial charge in [-0.3, -0.25) is 15.2 Å². The second-order valence-electron chi connectivity index (χ2n) is 7.20. The third kappa shape index (κ3) is 4.66. The van der Waals surface area contributed by atoms with Gasteiger partial charge in [-0.25, -0.2) is 8.42 Å². The third-order valence-corrected chi connectivity index (χ3v) is 8.10. The van der Waals surface area contributed by atoms with Gasteiger partial charge in [-0.2, -0.15) is 4.72 Å². The molecule has 1 fully saturated rings. The zero-order valence-corrected chi connectivity index (χ0v) is 18.1. The van der Waals surface area contributed by atoms with Crippen molar-refractivity contribution in [2.75, 3.05) is 6.54 Å². The molecule has 4 N–H and O–H groups in total. The highest BCUT2D eigenvalue weighted by Crippen LogP contribution is 2.30. The van der Waals surface area contributed by atoms with Gasteiger partial charge in [0.2, 0.25) is 5.91 Å². The topological polar surface area (TPSA) is 129 Å². The van der Waals surface area contributed by atoms with Crippen LogP contribution in [0.5, 0.6) is 0 Å². The maximum Gasteiger partial charge on any atom is 0.250 e. The van der Waals surface area contributed by atoms with E-state index in [1.807, 2.05) is 12.1 Å². The van der Waals surface area contributed by atoms with Crippen LogP contribution in [-0.2, 0) is 21.4 Å². The van der Waals surface area contributed by atoms with Gasteiger partial charge in [0.1, 0.15) is 16.1 Å². The van der Waals surface area contributed by atoms with E-state index in [2.05, 4.69) is 9.71 Å². The SMILES string of the molecule is N=C(N)c1cccc(CN2CCC(NS(=O)(=O)c3ccc(-c4cccnc4)s3)C2=O)c1. The van der Waals surface area contributed by atoms with Crippen LogP contribution in [0.15, 0.2) is 65.1 Å². The molecule has 1 saturated heterocycles. The van der Waals surface area contributed by atoms with Gasteiger partial charge < -0.3 is 10.6 Å². The number of nitrogens with two attached hydrogens (primary N) is 1. The van der Waals surface area contributed by atoms with E-state index >= 15 is 0 Å². The number of amidine groups is 1. The Balaban J connectivity index is 1.44. The molecule has 1 aromatic carbocycles. The van der Waals surface area contributed by atoms with E-state index in [1.165, 1.54) is 0 Å². The van der Waals surface area contributed by atoms with Crippen LogP contribution in [0.2, 0.25) is 0 Å². The normalized spacial score (nSPS) is 16.6. The molecule has 0 saturated carbocycles. The molecule has 10 heteroatoms. The summed E-state index contributed by atoms with van der Waals surface area (Å²) in [5.74, 6) is -0.303. The Morgan fingerprint density at radius 3 is 2.84 bits per heavy atom. The number of aromatic nitrogens is 1. The molecule has 1 atom stereocenters. The number of pyridine rings is 1. The molecule has 0 radical (unpaired) electrons. The molecule has 1 aliphatic rings. The Morgan fingerprint density at radius 1 is 1.26 bits per heavy atom. The first kappa shape index (κ1) is 21.2. The molecule has 3 aromatic rings. The van der Waals surface area contributed by atoms with Gasteiger partial charge in [0, 0.05) is 41.5 Å². The summed E-state index contributed by atoms with van der Waals surface area (Å²) >= 11 is 1.14. The summed E-state index contributed by atoms with van der Waals surface area (Å²) in [5, 5.41) is 7.54. The van der Waals surface area contributed by atoms with Gasteiger partial charge >= 0.3 is 0 Å². The fourth-order valence-electron chi connectivity index (χ4n) is 3.44. The molecule has 0 spiro atoms. The number of amides is 1. The first-order valence-electron chi connectivity index (χ1n) is 9.58. The van der Waals surface area contributed by atoms with Crippen LogP contribution in [0.25, 0.3) is 10.4 Å². The average molecular weight is 456 g/mol. The Bertz CT molecular complexity index is 1220. The summed E-state index contributed by atoms with van der Waals surface area (Å²) in [5.41, 5.74) is 7.79. The zero-order valence-electron chi connectivity index (χ0n) is 16.5. The first-order valence-corrected chi connectivity index (χ1v) is 11.9. The molecule has 0 aliphatic carbocycles. The van der Waals surface area contributed by atoms with Crippen molar-refractivity contribution >= 4 is 33.1 Å². The fraction of sp³-hybridized carbons (Fsp3) is 0.190. The molecule has 1 aliphatic heterocycles. The summed E-state index contributed by atoms with van der Waals surface area (Å²) in [6.45, 7) is 0.782. The van der Waals surface area contributed by atoms with Gasteiger partial charge in [0.25, 0.3) is 10.0 Å². The summed E-state index contributed by atoms with van der Waals surface area (Å²) in [6, 6.07) is 13.3. The predicted octanol–water partition coefficient (Wildman–Crippen LogP) is 2.17. The Hall–Kier alpha value is -3.08. The van der Waals surface area contributed by atoms with Gasteiger partial charge in [0.05, 0.1) is 0 Å². The Kier molecular flexibility index (Phi) is 5.86. The molecule has 1 amide bonds. The molecule has 4 rings (SSSR count). The van der Waals surface area contributed by atoms with E-state index in [1.54, 1.807) is 53.7 Å². The highest BCUT2D eigenvalue weighted by atomic mass is 32.2. The number of rotatable bonds is 7. The van der Waals surface area contributed by atoms with Crippen LogP contribution in [0.1, 0.15) is 17.5 Å². The minimum absolute atomic E-state index is 0.0400. The summed E-state index contributed by atoms with van der Waals surface area (Å²) < 4.78 is 28.4. The van der Waals surface area contributed by atoms with Crippen molar-refractivity contribution in [3.63, 3.8) is 0 Å². The quantitative estimate of drug-likeness (QED) is 0.371. The van der Waals surface area contributed by atoms with E-state index in [0.29, 0.717) is 25.1 Å². The largest absolute Gasteiger partial charge is 0.384 e. The lowest BCUT2D eigenvalue weighted by atomic mass is 10.1. The fourth-order valence-corrected chi connectivity index (χ4v) is 5.97. The van der Waals surface area contributed by atoms with Crippen molar-refractivity contribution in [1.82, 2.24) is 14.6 Å². The number of nitrogen functional groups attached to an aromatic ring is 1. The monoisotopic (exact) mass is 455 g/mol. The number of carbonyl (C=O) groups excluding carboxylic acids is 1. The van der Waals surface area contributed by atoms with Crippen LogP contribution in [0.4, 0.5) is 0 Å². The third-order valence-electron chi connectivity index (χ3n) is 5.00. The van der Waals surface area contributed by atoms with Crippen LogP contribution in [0, 0.1) is 5.41 Å². The van der Waals surface area contributed by atoms with Gasteiger partial charge in [-0.15, -0.1) is 11.3 Å². The second kappa shape index (κ2) is 8.58. The molecular formula is C21H21N5O3S2. The lowest BCUT2D eigenvalue weighted by Gasteiger charge is -2.17. The Labute approximate surface area is 184 Å². The Morgan fingerprint density at radius 2 is 2.10 bits per heavy atom. The first-order chi connectivity index (χ1) is 14.8. The highest BCUT2D eigenvalue weighted by molar-refractivity contribution is 7.91. The minimum atomic E-state index is -3.82. The molecule has 160 valence electrons. The van der Waals surface area contributed by atoms with Gasteiger partial charge in [-0.05, 0) is 36.2 Å². The molecule has 8 nitrogen and oxygen atoms in total. The minimum Gasteiger partial charge on any atom is -0.384 e. The molecule has 0 bridgehead atoms. The van der Waals surface area contributed by atoms with Crippen molar-refractivity contribution in [2.45, 2.75) is 23.2 Å². The van der Waals surface area contributed by atoms with Crippen molar-refractivity contribution in [3.05, 3.63) is 72.1 Å². The number of sulfonamides is 1. The number of nitrogens with zero attached hydrogens (tertiary/aromatic N) is 2. The number of benzene rings is 1. The van der Waals surface area contributed by atoms with Crippen molar-refractivity contribution in [2.24, 2.45) is 5.73 Å². The van der Waals surface area contributed by atoms with Crippen LogP contribution in [0.3, 0.4) is 0 Å². The van der Waals surface area contributed by atoms with Gasteiger partial charge in [0.15, 0.2) is 0 Å². The maximum absolute atomic E-state index is 12.8. The molecule has 31 heavy (non-hydrogen) atoms. The number of hydrogen-bond donors (Lipinski definition) is 3. The molecule has 1 unspecified atom stereocenters. The van der Waals surface area contributed by atoms with E-state index in [9.17, 15) is 13.2 Å².